The lowest BCUT2D eigenvalue weighted by Crippen LogP contribution is -2.43. The van der Waals surface area contributed by atoms with E-state index in [9.17, 15) is 4.79 Å². The van der Waals surface area contributed by atoms with Gasteiger partial charge in [-0.25, -0.2) is 0 Å². The SMILES string of the molecule is COc1c(NSC)cc(C(C)(C)C)cc1NC(=O)c1ccc(C)c(Oc2ccnc(CN3CCN(C)CC3)c2)c1. The summed E-state index contributed by atoms with van der Waals surface area (Å²) in [5.41, 5.74) is 4.80. The van der Waals surface area contributed by atoms with Gasteiger partial charge in [0.05, 0.1) is 24.2 Å². The molecule has 0 saturated carbocycles. The lowest BCUT2D eigenvalue weighted by Gasteiger charge is -2.32. The Balaban J connectivity index is 1.54. The monoisotopic (exact) mass is 563 g/mol. The molecule has 2 N–H and O–H groups in total. The number of nitrogens with one attached hydrogen (secondary N) is 2. The summed E-state index contributed by atoms with van der Waals surface area (Å²) >= 11 is 1.47. The summed E-state index contributed by atoms with van der Waals surface area (Å²) in [6.07, 6.45) is 3.73. The zero-order chi connectivity index (χ0) is 28.9. The van der Waals surface area contributed by atoms with Gasteiger partial charge in [-0.2, -0.15) is 0 Å². The van der Waals surface area contributed by atoms with Crippen molar-refractivity contribution in [3.05, 3.63) is 71.0 Å². The third kappa shape index (κ3) is 7.47. The van der Waals surface area contributed by atoms with E-state index in [1.807, 2.05) is 43.5 Å². The fraction of sp³-hybridized carbons (Fsp3) is 0.419. The second kappa shape index (κ2) is 12.9. The van der Waals surface area contributed by atoms with Crippen LogP contribution in [-0.2, 0) is 12.0 Å². The molecule has 9 heteroatoms. The van der Waals surface area contributed by atoms with Crippen molar-refractivity contribution in [2.75, 3.05) is 56.6 Å². The maximum Gasteiger partial charge on any atom is 0.255 e. The van der Waals surface area contributed by atoms with E-state index in [0.717, 1.165) is 55.2 Å². The Morgan fingerprint density at radius 1 is 1.05 bits per heavy atom. The summed E-state index contributed by atoms with van der Waals surface area (Å²) in [4.78, 5) is 22.8. The van der Waals surface area contributed by atoms with Crippen LogP contribution in [0.4, 0.5) is 11.4 Å². The van der Waals surface area contributed by atoms with Crippen LogP contribution in [0.1, 0.15) is 48.0 Å². The summed E-state index contributed by atoms with van der Waals surface area (Å²) < 4.78 is 15.3. The molecule has 2 aromatic carbocycles. The number of nitrogens with zero attached hydrogens (tertiary/aromatic N) is 3. The molecule has 1 aliphatic heterocycles. The van der Waals surface area contributed by atoms with Crippen LogP contribution >= 0.6 is 11.9 Å². The first-order chi connectivity index (χ1) is 19.1. The zero-order valence-corrected chi connectivity index (χ0v) is 25.4. The van der Waals surface area contributed by atoms with Gasteiger partial charge in [-0.3, -0.25) is 14.7 Å². The normalized spacial score (nSPS) is 14.6. The smallest absolute Gasteiger partial charge is 0.255 e. The van der Waals surface area contributed by atoms with Gasteiger partial charge >= 0.3 is 0 Å². The number of aryl methyl sites for hydroxylation is 1. The number of hydrogen-bond donors (Lipinski definition) is 2. The first kappa shape index (κ1) is 29.7. The van der Waals surface area contributed by atoms with Crippen molar-refractivity contribution in [1.29, 1.82) is 0 Å². The highest BCUT2D eigenvalue weighted by atomic mass is 32.2. The fourth-order valence-electron chi connectivity index (χ4n) is 4.57. The van der Waals surface area contributed by atoms with Crippen molar-refractivity contribution < 1.29 is 14.3 Å². The fourth-order valence-corrected chi connectivity index (χ4v) is 4.95. The molecule has 0 unspecified atom stereocenters. The molecular weight excluding hydrogens is 522 g/mol. The number of rotatable bonds is 9. The van der Waals surface area contributed by atoms with Gasteiger partial charge in [-0.15, -0.1) is 0 Å². The minimum absolute atomic E-state index is 0.112. The molecule has 1 aliphatic rings. The lowest BCUT2D eigenvalue weighted by molar-refractivity contribution is 0.102. The molecular formula is C31H41N5O3S. The molecule has 0 bridgehead atoms. The van der Waals surface area contributed by atoms with Crippen molar-refractivity contribution in [1.82, 2.24) is 14.8 Å². The number of pyridine rings is 1. The van der Waals surface area contributed by atoms with Crippen LogP contribution in [0.15, 0.2) is 48.7 Å². The van der Waals surface area contributed by atoms with Crippen LogP contribution in [-0.4, -0.2) is 67.3 Å². The molecule has 3 aromatic rings. The first-order valence-electron chi connectivity index (χ1n) is 13.5. The molecule has 0 atom stereocenters. The number of piperazine rings is 1. The number of anilines is 2. The largest absolute Gasteiger partial charge is 0.492 e. The predicted octanol–water partition coefficient (Wildman–Crippen LogP) is 6.18. The van der Waals surface area contributed by atoms with Gasteiger partial charge in [0.25, 0.3) is 5.91 Å². The van der Waals surface area contributed by atoms with E-state index in [1.165, 1.54) is 11.9 Å². The summed E-state index contributed by atoms with van der Waals surface area (Å²) in [6, 6.07) is 13.4. The van der Waals surface area contributed by atoms with Gasteiger partial charge < -0.3 is 24.4 Å². The summed E-state index contributed by atoms with van der Waals surface area (Å²) in [6.45, 7) is 13.4. The number of carbonyl (C=O) groups is 1. The van der Waals surface area contributed by atoms with E-state index in [0.29, 0.717) is 28.5 Å². The van der Waals surface area contributed by atoms with Gasteiger partial charge in [0.2, 0.25) is 0 Å². The molecule has 0 radical (unpaired) electrons. The molecule has 40 heavy (non-hydrogen) atoms. The number of ether oxygens (including phenoxy) is 2. The van der Waals surface area contributed by atoms with E-state index in [-0.39, 0.29) is 11.3 Å². The van der Waals surface area contributed by atoms with Crippen LogP contribution in [0, 0.1) is 6.92 Å². The Hall–Kier alpha value is -3.27. The van der Waals surface area contributed by atoms with Gasteiger partial charge in [-0.1, -0.05) is 38.8 Å². The predicted molar refractivity (Wildman–Crippen MR) is 165 cm³/mol. The quantitative estimate of drug-likeness (QED) is 0.299. The number of methoxy groups -OCH3 is 1. The van der Waals surface area contributed by atoms with Crippen LogP contribution < -0.4 is 19.5 Å². The Morgan fingerprint density at radius 3 is 2.45 bits per heavy atom. The van der Waals surface area contributed by atoms with Crippen molar-refractivity contribution in [2.45, 2.75) is 39.7 Å². The summed E-state index contributed by atoms with van der Waals surface area (Å²) in [5, 5.41) is 3.07. The Kier molecular flexibility index (Phi) is 9.60. The second-order valence-corrected chi connectivity index (χ2v) is 11.9. The van der Waals surface area contributed by atoms with Crippen molar-refractivity contribution in [3.63, 3.8) is 0 Å². The third-order valence-electron chi connectivity index (χ3n) is 7.07. The van der Waals surface area contributed by atoms with Crippen LogP contribution in [0.5, 0.6) is 17.2 Å². The van der Waals surface area contributed by atoms with Crippen molar-refractivity contribution in [3.8, 4) is 17.2 Å². The Morgan fingerprint density at radius 2 is 1.77 bits per heavy atom. The molecule has 4 rings (SSSR count). The molecule has 8 nitrogen and oxygen atoms in total. The highest BCUT2D eigenvalue weighted by Gasteiger charge is 2.22. The van der Waals surface area contributed by atoms with E-state index in [2.05, 4.69) is 58.7 Å². The number of hydrogen-bond acceptors (Lipinski definition) is 8. The van der Waals surface area contributed by atoms with Crippen molar-refractivity contribution in [2.24, 2.45) is 0 Å². The molecule has 214 valence electrons. The standard InChI is InChI=1S/C31H41N5O3S/c1-21-8-9-22(30(37)33-26-17-23(31(2,3)4)18-27(34-40-7)29(26)38-6)16-28(21)39-25-10-11-32-24(19-25)20-36-14-12-35(5)13-15-36/h8-11,16-19,34H,12-15,20H2,1-7H3,(H,33,37). The van der Waals surface area contributed by atoms with Gasteiger partial charge in [0.15, 0.2) is 5.75 Å². The minimum atomic E-state index is -0.241. The topological polar surface area (TPSA) is 79.0 Å². The molecule has 0 aliphatic carbocycles. The van der Waals surface area contributed by atoms with Gasteiger partial charge in [0, 0.05) is 56.8 Å². The van der Waals surface area contributed by atoms with Gasteiger partial charge in [-0.05, 0) is 60.8 Å². The number of benzene rings is 2. The number of aromatic nitrogens is 1. The van der Waals surface area contributed by atoms with E-state index >= 15 is 0 Å². The van der Waals surface area contributed by atoms with Crippen LogP contribution in [0.25, 0.3) is 0 Å². The highest BCUT2D eigenvalue weighted by molar-refractivity contribution is 7.99. The number of carbonyl (C=O) groups excluding carboxylic acids is 1. The summed E-state index contributed by atoms with van der Waals surface area (Å²) in [5.74, 6) is 1.68. The van der Waals surface area contributed by atoms with Crippen molar-refractivity contribution >= 4 is 29.2 Å². The molecule has 1 amide bonds. The van der Waals surface area contributed by atoms with Crippen LogP contribution in [0.3, 0.4) is 0 Å². The van der Waals surface area contributed by atoms with Gasteiger partial charge in [0.1, 0.15) is 11.5 Å². The molecule has 2 heterocycles. The van der Waals surface area contributed by atoms with E-state index < -0.39 is 0 Å². The average molecular weight is 564 g/mol. The molecule has 1 fully saturated rings. The maximum atomic E-state index is 13.5. The molecule has 1 saturated heterocycles. The number of amides is 1. The minimum Gasteiger partial charge on any atom is -0.492 e. The number of likely N-dealkylation sites (N-methyl/N-ethyl adjacent to an activating group) is 1. The highest BCUT2D eigenvalue weighted by Crippen LogP contribution is 2.40. The van der Waals surface area contributed by atoms with E-state index in [1.54, 1.807) is 19.4 Å². The molecule has 0 spiro atoms. The summed E-state index contributed by atoms with van der Waals surface area (Å²) in [7, 11) is 3.76. The zero-order valence-electron chi connectivity index (χ0n) is 24.6. The third-order valence-corrected chi connectivity index (χ3v) is 7.49. The Labute approximate surface area is 242 Å². The lowest BCUT2D eigenvalue weighted by atomic mass is 9.86. The van der Waals surface area contributed by atoms with E-state index in [4.69, 9.17) is 9.47 Å². The Bertz CT molecular complexity index is 1330. The average Bonchev–Trinajstić information content (AvgIpc) is 2.91. The second-order valence-electron chi connectivity index (χ2n) is 11.3. The van der Waals surface area contributed by atoms with Crippen LogP contribution in [0.2, 0.25) is 0 Å². The first-order valence-corrected chi connectivity index (χ1v) is 14.8. The maximum absolute atomic E-state index is 13.5. The molecule has 1 aromatic heterocycles.